The van der Waals surface area contributed by atoms with E-state index in [1.54, 1.807) is 12.2 Å². The van der Waals surface area contributed by atoms with E-state index in [9.17, 15) is 0 Å². The van der Waals surface area contributed by atoms with Crippen LogP contribution < -0.4 is 0 Å². The molecule has 0 bridgehead atoms. The number of benzene rings is 7. The fourth-order valence-electron chi connectivity index (χ4n) is 7.03. The van der Waals surface area contributed by atoms with Gasteiger partial charge in [0.25, 0.3) is 0 Å². The molecule has 0 radical (unpaired) electrons. The summed E-state index contributed by atoms with van der Waals surface area (Å²) in [5, 5.41) is 9.85. The van der Waals surface area contributed by atoms with Crippen LogP contribution in [0.25, 0.3) is 59.8 Å². The molecule has 4 nitrogen and oxygen atoms in total. The van der Waals surface area contributed by atoms with Gasteiger partial charge >= 0.3 is 0 Å². The van der Waals surface area contributed by atoms with E-state index in [1.807, 2.05) is 36.4 Å². The molecule has 8 rings (SSSR count). The Morgan fingerprint density at radius 1 is 0.560 bits per heavy atom. The van der Waals surface area contributed by atoms with Gasteiger partial charge in [-0.25, -0.2) is 9.98 Å². The Morgan fingerprint density at radius 3 is 1.88 bits per heavy atom. The Kier molecular flexibility index (Phi) is 8.03. The average molecular weight is 643 g/mol. The van der Waals surface area contributed by atoms with Gasteiger partial charge in [-0.3, -0.25) is 4.99 Å². The lowest BCUT2D eigenvalue weighted by molar-refractivity contribution is 1.16. The maximum absolute atomic E-state index is 4.95. The molecular weight excluding hydrogens is 609 g/mol. The maximum atomic E-state index is 4.95. The summed E-state index contributed by atoms with van der Waals surface area (Å²) >= 11 is 0. The molecule has 1 heterocycles. The highest BCUT2D eigenvalue weighted by molar-refractivity contribution is 6.34. The highest BCUT2D eigenvalue weighted by atomic mass is 15.0. The van der Waals surface area contributed by atoms with E-state index in [0.29, 0.717) is 18.2 Å². The molecule has 0 spiro atoms. The predicted molar refractivity (Wildman–Crippen MR) is 216 cm³/mol. The molecule has 0 unspecified atom stereocenters. The number of aliphatic imine (C=N–C) groups is 3. The summed E-state index contributed by atoms with van der Waals surface area (Å²) in [5.41, 5.74) is 6.11. The van der Waals surface area contributed by atoms with Crippen LogP contribution in [-0.2, 0) is 0 Å². The zero-order chi connectivity index (χ0) is 34.0. The van der Waals surface area contributed by atoms with Crippen LogP contribution in [0.5, 0.6) is 0 Å². The minimum absolute atomic E-state index is 0.396. The second kappa shape index (κ2) is 13.1. The second-order valence-electron chi connectivity index (χ2n) is 12.2. The normalized spacial score (nSPS) is 12.7. The minimum Gasteiger partial charge on any atom is -0.308 e. The van der Waals surface area contributed by atoms with Crippen LogP contribution in [0.3, 0.4) is 0 Å². The lowest BCUT2D eigenvalue weighted by Gasteiger charge is -2.13. The summed E-state index contributed by atoms with van der Waals surface area (Å²) in [6, 6.07) is 49.1. The Balaban J connectivity index is 1.39. The zero-order valence-corrected chi connectivity index (χ0v) is 27.6. The summed E-state index contributed by atoms with van der Waals surface area (Å²) in [6.45, 7) is 12.0. The molecule has 4 heteroatoms. The average Bonchev–Trinajstić information content (AvgIpc) is 3.54. The second-order valence-corrected chi connectivity index (χ2v) is 12.2. The summed E-state index contributed by atoms with van der Waals surface area (Å²) < 4.78 is 2.44. The molecule has 0 N–H and O–H groups in total. The molecule has 0 amide bonds. The summed E-state index contributed by atoms with van der Waals surface area (Å²) in [5.74, 6) is 1.07. The number of fused-ring (bicyclic) bond motifs is 10. The van der Waals surface area contributed by atoms with E-state index in [4.69, 9.17) is 9.98 Å². The molecular formula is C46H34N4. The Morgan fingerprint density at radius 2 is 1.18 bits per heavy atom. The van der Waals surface area contributed by atoms with E-state index >= 15 is 0 Å². The van der Waals surface area contributed by atoms with E-state index in [1.165, 1.54) is 54.1 Å². The third-order valence-electron chi connectivity index (χ3n) is 9.31. The number of aromatic nitrogens is 1. The van der Waals surface area contributed by atoms with Crippen LogP contribution in [0.2, 0.25) is 0 Å². The van der Waals surface area contributed by atoms with Gasteiger partial charge in [0.05, 0.1) is 17.6 Å². The van der Waals surface area contributed by atoms with Crippen molar-refractivity contribution in [3.05, 3.63) is 188 Å². The first-order valence-electron chi connectivity index (χ1n) is 16.7. The number of hydrogen-bond acceptors (Lipinski definition) is 1. The van der Waals surface area contributed by atoms with Crippen LogP contribution in [0.1, 0.15) is 11.1 Å². The standard InChI is InChI=1S/C46H34N4/c1-4-15-31(5-2)30-48-46(49-45(47-3)33-17-7-6-8-18-33)34-24-27-35(28-25-34)50-43-36-19-10-9-16-32(36)26-29-41(43)42-39-22-13-11-20-37(39)38-21-12-14-23-40(38)44(42)50/h4-29H,1-3,30H2/b31-15+,48-46?,49-45?. The van der Waals surface area contributed by atoms with Crippen LogP contribution in [-0.4, -0.2) is 29.5 Å². The van der Waals surface area contributed by atoms with E-state index in [-0.39, 0.29) is 0 Å². The smallest absolute Gasteiger partial charge is 0.161 e. The Labute approximate surface area is 291 Å². The van der Waals surface area contributed by atoms with Crippen molar-refractivity contribution in [2.75, 3.05) is 6.54 Å². The summed E-state index contributed by atoms with van der Waals surface area (Å²) in [4.78, 5) is 14.2. The van der Waals surface area contributed by atoms with Crippen molar-refractivity contribution in [2.24, 2.45) is 15.0 Å². The number of nitrogens with zero attached hydrogens (tertiary/aromatic N) is 4. The molecule has 1 aromatic heterocycles. The Hall–Kier alpha value is -6.65. The highest BCUT2D eigenvalue weighted by Crippen LogP contribution is 2.44. The van der Waals surface area contributed by atoms with Crippen LogP contribution >= 0.6 is 0 Å². The molecule has 8 aromatic rings. The minimum atomic E-state index is 0.396. The summed E-state index contributed by atoms with van der Waals surface area (Å²) in [6.07, 6.45) is 5.44. The van der Waals surface area contributed by atoms with Crippen molar-refractivity contribution >= 4 is 72.5 Å². The van der Waals surface area contributed by atoms with Crippen molar-refractivity contribution in [3.8, 4) is 5.69 Å². The topological polar surface area (TPSA) is 42.0 Å². The molecule has 0 fully saturated rings. The van der Waals surface area contributed by atoms with Crippen molar-refractivity contribution in [1.29, 1.82) is 0 Å². The third-order valence-corrected chi connectivity index (χ3v) is 9.31. The molecule has 0 atom stereocenters. The van der Waals surface area contributed by atoms with Crippen molar-refractivity contribution < 1.29 is 0 Å². The van der Waals surface area contributed by atoms with Gasteiger partial charge < -0.3 is 4.57 Å². The van der Waals surface area contributed by atoms with Crippen molar-refractivity contribution in [1.82, 2.24) is 4.57 Å². The van der Waals surface area contributed by atoms with E-state index in [2.05, 4.69) is 139 Å². The molecule has 0 aliphatic carbocycles. The van der Waals surface area contributed by atoms with Crippen LogP contribution in [0.4, 0.5) is 0 Å². The molecule has 0 saturated carbocycles. The lowest BCUT2D eigenvalue weighted by atomic mass is 9.96. The molecule has 50 heavy (non-hydrogen) atoms. The SMILES string of the molecule is C=C/C=C(\C=C)CN=C(N=C(N=C)c1ccccc1)c1ccc(-n2c3c4ccccc4ccc3c3c4ccccc4c4ccccc4c32)cc1. The number of hydrogen-bond donors (Lipinski definition) is 0. The molecule has 0 aliphatic heterocycles. The predicted octanol–water partition coefficient (Wildman–Crippen LogP) is 11.4. The van der Waals surface area contributed by atoms with Gasteiger partial charge in [-0.2, -0.15) is 0 Å². The largest absolute Gasteiger partial charge is 0.308 e. The molecule has 0 saturated heterocycles. The summed E-state index contributed by atoms with van der Waals surface area (Å²) in [7, 11) is 0. The van der Waals surface area contributed by atoms with Gasteiger partial charge in [0, 0.05) is 38.4 Å². The van der Waals surface area contributed by atoms with Crippen molar-refractivity contribution in [3.63, 3.8) is 0 Å². The third kappa shape index (κ3) is 5.24. The number of allylic oxidation sites excluding steroid dienone is 2. The first kappa shape index (κ1) is 30.7. The molecule has 0 aliphatic rings. The van der Waals surface area contributed by atoms with Gasteiger partial charge in [0.15, 0.2) is 11.7 Å². The monoisotopic (exact) mass is 642 g/mol. The van der Waals surface area contributed by atoms with E-state index in [0.717, 1.165) is 22.4 Å². The van der Waals surface area contributed by atoms with Gasteiger partial charge in [-0.15, -0.1) is 0 Å². The lowest BCUT2D eigenvalue weighted by Crippen LogP contribution is -2.06. The van der Waals surface area contributed by atoms with Gasteiger partial charge in [-0.1, -0.05) is 147 Å². The quantitative estimate of drug-likeness (QED) is 0.0718. The fraction of sp³-hybridized carbons (Fsp3) is 0.0217. The van der Waals surface area contributed by atoms with Crippen molar-refractivity contribution in [2.45, 2.75) is 0 Å². The van der Waals surface area contributed by atoms with Crippen LogP contribution in [0, 0.1) is 0 Å². The zero-order valence-electron chi connectivity index (χ0n) is 27.6. The molecule has 238 valence electrons. The number of rotatable bonds is 7. The Bertz CT molecular complexity index is 2710. The van der Waals surface area contributed by atoms with Crippen LogP contribution in [0.15, 0.2) is 191 Å². The van der Waals surface area contributed by atoms with Gasteiger partial charge in [0.2, 0.25) is 0 Å². The first-order valence-corrected chi connectivity index (χ1v) is 16.7. The number of amidine groups is 2. The molecule has 7 aromatic carbocycles. The van der Waals surface area contributed by atoms with E-state index < -0.39 is 0 Å². The van der Waals surface area contributed by atoms with Gasteiger partial charge in [-0.05, 0) is 58.1 Å². The highest BCUT2D eigenvalue weighted by Gasteiger charge is 2.20. The first-order chi connectivity index (χ1) is 24.7. The maximum Gasteiger partial charge on any atom is 0.161 e. The van der Waals surface area contributed by atoms with Gasteiger partial charge in [0.1, 0.15) is 0 Å². The fourth-order valence-corrected chi connectivity index (χ4v) is 7.03.